The molecule has 0 bridgehead atoms. The first-order chi connectivity index (χ1) is 15.5. The fourth-order valence-corrected chi connectivity index (χ4v) is 3.46. The molecule has 0 unspecified atom stereocenters. The van der Waals surface area contributed by atoms with E-state index in [-0.39, 0.29) is 5.91 Å². The Kier molecular flexibility index (Phi) is 5.98. The first-order valence-electron chi connectivity index (χ1n) is 10.1. The first kappa shape index (κ1) is 21.2. The van der Waals surface area contributed by atoms with Crippen LogP contribution in [0.5, 0.6) is 17.2 Å². The highest BCUT2D eigenvalue weighted by Gasteiger charge is 2.17. The first-order valence-corrected chi connectivity index (χ1v) is 10.1. The van der Waals surface area contributed by atoms with Crippen molar-refractivity contribution in [2.45, 2.75) is 13.3 Å². The summed E-state index contributed by atoms with van der Waals surface area (Å²) < 4.78 is 21.8. The molecule has 164 valence electrons. The molecule has 1 aromatic heterocycles. The highest BCUT2D eigenvalue weighted by Crippen LogP contribution is 2.38. The summed E-state index contributed by atoms with van der Waals surface area (Å²) in [7, 11) is 4.54. The Hall–Kier alpha value is -4.00. The molecule has 7 nitrogen and oxygen atoms in total. The summed E-state index contributed by atoms with van der Waals surface area (Å²) in [6.45, 7) is 2.03. The van der Waals surface area contributed by atoms with E-state index in [0.29, 0.717) is 40.8 Å². The van der Waals surface area contributed by atoms with E-state index < -0.39 is 0 Å². The lowest BCUT2D eigenvalue weighted by Crippen LogP contribution is -2.12. The van der Waals surface area contributed by atoms with Crippen LogP contribution in [-0.2, 0) is 6.42 Å². The normalized spacial score (nSPS) is 10.8. The van der Waals surface area contributed by atoms with E-state index in [1.807, 2.05) is 49.4 Å². The van der Waals surface area contributed by atoms with Gasteiger partial charge in [0.25, 0.3) is 5.91 Å². The molecular formula is C25H24N2O5. The quantitative estimate of drug-likeness (QED) is 0.442. The minimum Gasteiger partial charge on any atom is -0.493 e. The number of oxazole rings is 1. The molecule has 0 aliphatic rings. The number of ether oxygens (including phenoxy) is 3. The van der Waals surface area contributed by atoms with Crippen molar-refractivity contribution in [3.63, 3.8) is 0 Å². The third-order valence-corrected chi connectivity index (χ3v) is 5.08. The maximum Gasteiger partial charge on any atom is 0.255 e. The summed E-state index contributed by atoms with van der Waals surface area (Å²) in [4.78, 5) is 17.3. The number of hydrogen-bond acceptors (Lipinski definition) is 6. The van der Waals surface area contributed by atoms with Crippen LogP contribution in [0.3, 0.4) is 0 Å². The monoisotopic (exact) mass is 432 g/mol. The fourth-order valence-electron chi connectivity index (χ4n) is 3.46. The van der Waals surface area contributed by atoms with E-state index >= 15 is 0 Å². The number of anilines is 1. The zero-order valence-electron chi connectivity index (χ0n) is 18.4. The summed E-state index contributed by atoms with van der Waals surface area (Å²) in [5.74, 6) is 1.64. The van der Waals surface area contributed by atoms with Crippen LogP contribution in [0.1, 0.15) is 27.4 Å². The Morgan fingerprint density at radius 2 is 1.62 bits per heavy atom. The van der Waals surface area contributed by atoms with E-state index in [9.17, 15) is 4.79 Å². The van der Waals surface area contributed by atoms with Crippen LogP contribution in [0.15, 0.2) is 59.0 Å². The molecule has 0 fully saturated rings. The molecule has 7 heteroatoms. The molecule has 0 aliphatic heterocycles. The highest BCUT2D eigenvalue weighted by atomic mass is 16.5. The maximum absolute atomic E-state index is 12.8. The van der Waals surface area contributed by atoms with Crippen LogP contribution in [0.2, 0.25) is 0 Å². The van der Waals surface area contributed by atoms with E-state index in [1.165, 1.54) is 21.3 Å². The topological polar surface area (TPSA) is 82.8 Å². The molecular weight excluding hydrogens is 408 g/mol. The van der Waals surface area contributed by atoms with Gasteiger partial charge >= 0.3 is 0 Å². The Morgan fingerprint density at radius 1 is 0.938 bits per heavy atom. The average molecular weight is 432 g/mol. The number of fused-ring (bicyclic) bond motifs is 1. The van der Waals surface area contributed by atoms with Crippen LogP contribution >= 0.6 is 0 Å². The molecule has 4 aromatic rings. The molecule has 0 saturated heterocycles. The molecule has 0 aliphatic carbocycles. The zero-order chi connectivity index (χ0) is 22.7. The number of methoxy groups -OCH3 is 3. The lowest BCUT2D eigenvalue weighted by molar-refractivity contribution is 0.102. The minimum atomic E-state index is -0.286. The summed E-state index contributed by atoms with van der Waals surface area (Å²) in [6, 6.07) is 16.7. The van der Waals surface area contributed by atoms with Crippen molar-refractivity contribution in [1.29, 1.82) is 0 Å². The highest BCUT2D eigenvalue weighted by molar-refractivity contribution is 6.05. The predicted octanol–water partition coefficient (Wildman–Crippen LogP) is 5.01. The Labute approximate surface area is 185 Å². The minimum absolute atomic E-state index is 0.286. The fraction of sp³-hybridized carbons (Fsp3) is 0.200. The molecule has 32 heavy (non-hydrogen) atoms. The van der Waals surface area contributed by atoms with Crippen molar-refractivity contribution in [1.82, 2.24) is 4.98 Å². The van der Waals surface area contributed by atoms with Gasteiger partial charge < -0.3 is 23.9 Å². The van der Waals surface area contributed by atoms with Gasteiger partial charge in [0.2, 0.25) is 5.75 Å². The summed E-state index contributed by atoms with van der Waals surface area (Å²) >= 11 is 0. The molecule has 1 amide bonds. The number of nitrogens with one attached hydrogen (secondary N) is 1. The van der Waals surface area contributed by atoms with E-state index in [4.69, 9.17) is 18.6 Å². The van der Waals surface area contributed by atoms with Gasteiger partial charge in [0.05, 0.1) is 21.3 Å². The van der Waals surface area contributed by atoms with Crippen LogP contribution in [-0.4, -0.2) is 32.2 Å². The molecule has 1 heterocycles. The van der Waals surface area contributed by atoms with Gasteiger partial charge in [-0.25, -0.2) is 4.98 Å². The van der Waals surface area contributed by atoms with Gasteiger partial charge in [-0.2, -0.15) is 0 Å². The second kappa shape index (κ2) is 9.01. The van der Waals surface area contributed by atoms with Crippen molar-refractivity contribution >= 4 is 22.7 Å². The number of rotatable bonds is 7. The third kappa shape index (κ3) is 4.37. The van der Waals surface area contributed by atoms with Gasteiger partial charge in [-0.15, -0.1) is 0 Å². The van der Waals surface area contributed by atoms with Gasteiger partial charge in [-0.05, 0) is 54.4 Å². The standard InChI is InChI=1S/C25H24N2O5/c1-15-5-10-20-19(11-15)27-23(32-20)12-16-6-8-18(9-7-16)26-25(28)17-13-21(29-2)24(31-4)22(14-17)30-3/h5-11,13-14H,12H2,1-4H3,(H,26,28). The van der Waals surface area contributed by atoms with Gasteiger partial charge in [-0.1, -0.05) is 18.2 Å². The van der Waals surface area contributed by atoms with E-state index in [1.54, 1.807) is 12.1 Å². The Balaban J connectivity index is 1.48. The smallest absolute Gasteiger partial charge is 0.255 e. The van der Waals surface area contributed by atoms with Crippen molar-refractivity contribution in [3.8, 4) is 17.2 Å². The summed E-state index contributed by atoms with van der Waals surface area (Å²) in [6.07, 6.45) is 0.564. The molecule has 0 spiro atoms. The molecule has 0 radical (unpaired) electrons. The summed E-state index contributed by atoms with van der Waals surface area (Å²) in [5.41, 5.74) is 4.86. The number of aryl methyl sites for hydroxylation is 1. The molecule has 4 rings (SSSR count). The third-order valence-electron chi connectivity index (χ3n) is 5.08. The van der Waals surface area contributed by atoms with Gasteiger partial charge in [0.15, 0.2) is 23.0 Å². The van der Waals surface area contributed by atoms with Crippen molar-refractivity contribution in [3.05, 3.63) is 77.2 Å². The summed E-state index contributed by atoms with van der Waals surface area (Å²) in [5, 5.41) is 2.89. The maximum atomic E-state index is 12.8. The van der Waals surface area contributed by atoms with Gasteiger partial charge in [-0.3, -0.25) is 4.79 Å². The second-order valence-electron chi connectivity index (χ2n) is 7.32. The zero-order valence-corrected chi connectivity index (χ0v) is 18.4. The van der Waals surface area contributed by atoms with Gasteiger partial charge in [0, 0.05) is 17.7 Å². The lowest BCUT2D eigenvalue weighted by Gasteiger charge is -2.14. The number of carbonyl (C=O) groups is 1. The number of aromatic nitrogens is 1. The molecule has 0 saturated carbocycles. The van der Waals surface area contributed by atoms with Crippen LogP contribution in [0.4, 0.5) is 5.69 Å². The SMILES string of the molecule is COc1cc(C(=O)Nc2ccc(Cc3nc4cc(C)ccc4o3)cc2)cc(OC)c1OC. The van der Waals surface area contributed by atoms with E-state index in [0.717, 1.165) is 22.2 Å². The van der Waals surface area contributed by atoms with Crippen molar-refractivity contribution in [2.24, 2.45) is 0 Å². The predicted molar refractivity (Wildman–Crippen MR) is 122 cm³/mol. The largest absolute Gasteiger partial charge is 0.493 e. The van der Waals surface area contributed by atoms with E-state index in [2.05, 4.69) is 10.3 Å². The number of amides is 1. The number of nitrogens with zero attached hydrogens (tertiary/aromatic N) is 1. The Bertz CT molecular complexity index is 1240. The molecule has 0 atom stereocenters. The second-order valence-corrected chi connectivity index (χ2v) is 7.32. The van der Waals surface area contributed by atoms with Crippen LogP contribution in [0, 0.1) is 6.92 Å². The van der Waals surface area contributed by atoms with Crippen LogP contribution < -0.4 is 19.5 Å². The Morgan fingerprint density at radius 3 is 2.25 bits per heavy atom. The molecule has 3 aromatic carbocycles. The van der Waals surface area contributed by atoms with Crippen molar-refractivity contribution < 1.29 is 23.4 Å². The van der Waals surface area contributed by atoms with Crippen LogP contribution in [0.25, 0.3) is 11.1 Å². The van der Waals surface area contributed by atoms with Crippen molar-refractivity contribution in [2.75, 3.05) is 26.6 Å². The van der Waals surface area contributed by atoms with Gasteiger partial charge in [0.1, 0.15) is 5.52 Å². The number of carbonyl (C=O) groups excluding carboxylic acids is 1. The number of hydrogen-bond donors (Lipinski definition) is 1. The lowest BCUT2D eigenvalue weighted by atomic mass is 10.1. The number of benzene rings is 3. The average Bonchev–Trinajstić information content (AvgIpc) is 3.20. The molecule has 1 N–H and O–H groups in total.